The Morgan fingerprint density at radius 2 is 2.29 bits per heavy atom. The molecule has 6 heteroatoms. The number of hydrogen-bond acceptors (Lipinski definition) is 4. The summed E-state index contributed by atoms with van der Waals surface area (Å²) in [6, 6.07) is 2.29. The van der Waals surface area contributed by atoms with Gasteiger partial charge in [-0.2, -0.15) is 0 Å². The van der Waals surface area contributed by atoms with Gasteiger partial charge in [0.15, 0.2) is 5.65 Å². The van der Waals surface area contributed by atoms with Crippen LogP contribution in [0.5, 0.6) is 0 Å². The number of rotatable bonds is 2. The fourth-order valence-corrected chi connectivity index (χ4v) is 2.60. The first-order valence-corrected chi connectivity index (χ1v) is 6.30. The zero-order valence-corrected chi connectivity index (χ0v) is 11.0. The van der Waals surface area contributed by atoms with E-state index in [1.807, 2.05) is 10.6 Å². The van der Waals surface area contributed by atoms with E-state index in [-0.39, 0.29) is 0 Å². The van der Waals surface area contributed by atoms with Gasteiger partial charge in [-0.25, -0.2) is 9.97 Å². The topological polar surface area (TPSA) is 66.0 Å². The van der Waals surface area contributed by atoms with Crippen molar-refractivity contribution in [3.8, 4) is 0 Å². The molecule has 3 rings (SSSR count). The van der Waals surface area contributed by atoms with Gasteiger partial charge in [0.1, 0.15) is 5.52 Å². The first kappa shape index (κ1) is 11.0. The number of methoxy groups -OCH3 is 1. The number of halogens is 1. The summed E-state index contributed by atoms with van der Waals surface area (Å²) in [6.45, 7) is 0. The number of ether oxygens (including phenoxy) is 1. The predicted molar refractivity (Wildman–Crippen MR) is 68.7 cm³/mol. The standard InChI is InChI=1S/C11H13BrN4O/c1-17-8-3-7(4-8)16-10-9(15-11(16)13)2-6(12)5-14-10/h2,5,7-8H,3-4H2,1H3,(H2,13,15). The highest BCUT2D eigenvalue weighted by atomic mass is 79.9. The Balaban J connectivity index is 2.02. The first-order valence-electron chi connectivity index (χ1n) is 5.51. The molecule has 2 N–H and O–H groups in total. The van der Waals surface area contributed by atoms with Crippen LogP contribution in [0, 0.1) is 0 Å². The number of pyridine rings is 1. The van der Waals surface area contributed by atoms with Crippen molar-refractivity contribution in [3.05, 3.63) is 16.7 Å². The van der Waals surface area contributed by atoms with Crippen molar-refractivity contribution in [2.75, 3.05) is 12.8 Å². The van der Waals surface area contributed by atoms with Crippen molar-refractivity contribution >= 4 is 33.0 Å². The molecule has 2 aromatic heterocycles. The maximum Gasteiger partial charge on any atom is 0.202 e. The Morgan fingerprint density at radius 3 is 3.00 bits per heavy atom. The largest absolute Gasteiger partial charge is 0.381 e. The molecular formula is C11H13BrN4O. The number of nitrogens with zero attached hydrogens (tertiary/aromatic N) is 3. The van der Waals surface area contributed by atoms with Gasteiger partial charge in [0.25, 0.3) is 0 Å². The molecule has 1 aliphatic carbocycles. The summed E-state index contributed by atoms with van der Waals surface area (Å²) >= 11 is 3.38. The van der Waals surface area contributed by atoms with Crippen molar-refractivity contribution < 1.29 is 4.74 Å². The Morgan fingerprint density at radius 1 is 1.53 bits per heavy atom. The monoisotopic (exact) mass is 296 g/mol. The van der Waals surface area contributed by atoms with E-state index >= 15 is 0 Å². The number of nitrogen functional groups attached to an aromatic ring is 1. The van der Waals surface area contributed by atoms with Crippen molar-refractivity contribution in [1.82, 2.24) is 14.5 Å². The van der Waals surface area contributed by atoms with Gasteiger partial charge in [-0.1, -0.05) is 0 Å². The zero-order valence-electron chi connectivity index (χ0n) is 9.43. The lowest BCUT2D eigenvalue weighted by Crippen LogP contribution is -2.33. The van der Waals surface area contributed by atoms with Crippen molar-refractivity contribution in [2.24, 2.45) is 0 Å². The minimum absolute atomic E-state index is 0.340. The Labute approximate surface area is 107 Å². The minimum Gasteiger partial charge on any atom is -0.381 e. The second-order valence-corrected chi connectivity index (χ2v) is 5.23. The Bertz CT molecular complexity index is 562. The molecule has 0 saturated heterocycles. The van der Waals surface area contributed by atoms with Gasteiger partial charge >= 0.3 is 0 Å². The maximum absolute atomic E-state index is 5.96. The third kappa shape index (κ3) is 1.71. The highest BCUT2D eigenvalue weighted by molar-refractivity contribution is 9.10. The van der Waals surface area contributed by atoms with E-state index in [0.717, 1.165) is 28.5 Å². The van der Waals surface area contributed by atoms with Gasteiger partial charge < -0.3 is 10.5 Å². The summed E-state index contributed by atoms with van der Waals surface area (Å²) in [6.07, 6.45) is 4.06. The quantitative estimate of drug-likeness (QED) is 0.922. The second-order valence-electron chi connectivity index (χ2n) is 4.32. The fourth-order valence-electron chi connectivity index (χ4n) is 2.28. The molecule has 0 radical (unpaired) electrons. The van der Waals surface area contributed by atoms with Crippen molar-refractivity contribution in [2.45, 2.75) is 25.0 Å². The molecule has 17 heavy (non-hydrogen) atoms. The molecule has 1 fully saturated rings. The van der Waals surface area contributed by atoms with Gasteiger partial charge in [0.05, 0.1) is 6.10 Å². The van der Waals surface area contributed by atoms with E-state index < -0.39 is 0 Å². The van der Waals surface area contributed by atoms with Crippen LogP contribution in [0.15, 0.2) is 16.7 Å². The van der Waals surface area contributed by atoms with E-state index in [1.54, 1.807) is 13.3 Å². The normalized spacial score (nSPS) is 23.9. The molecule has 90 valence electrons. The van der Waals surface area contributed by atoms with Crippen molar-refractivity contribution in [3.63, 3.8) is 0 Å². The summed E-state index contributed by atoms with van der Waals surface area (Å²) in [5, 5.41) is 0. The van der Waals surface area contributed by atoms with Crippen LogP contribution in [0.3, 0.4) is 0 Å². The predicted octanol–water partition coefficient (Wildman–Crippen LogP) is 2.13. The lowest BCUT2D eigenvalue weighted by Gasteiger charge is -2.35. The van der Waals surface area contributed by atoms with E-state index in [4.69, 9.17) is 10.5 Å². The molecule has 2 aromatic rings. The molecule has 0 amide bonds. The third-order valence-electron chi connectivity index (χ3n) is 3.29. The average molecular weight is 297 g/mol. The van der Waals surface area contributed by atoms with Gasteiger partial charge in [0, 0.05) is 23.8 Å². The lowest BCUT2D eigenvalue weighted by atomic mass is 9.89. The Hall–Kier alpha value is -1.14. The van der Waals surface area contributed by atoms with Crippen LogP contribution in [0.25, 0.3) is 11.2 Å². The highest BCUT2D eigenvalue weighted by Gasteiger charge is 2.33. The SMILES string of the molecule is COC1CC(n2c(N)nc3cc(Br)cnc32)C1. The average Bonchev–Trinajstić information content (AvgIpc) is 2.53. The summed E-state index contributed by atoms with van der Waals surface area (Å²) in [7, 11) is 1.74. The molecule has 1 saturated carbocycles. The maximum atomic E-state index is 5.96. The van der Waals surface area contributed by atoms with Crippen LogP contribution in [0.2, 0.25) is 0 Å². The van der Waals surface area contributed by atoms with Crippen molar-refractivity contribution in [1.29, 1.82) is 0 Å². The molecule has 0 aliphatic heterocycles. The summed E-state index contributed by atoms with van der Waals surface area (Å²) in [5.74, 6) is 0.533. The van der Waals surface area contributed by atoms with E-state index in [2.05, 4.69) is 25.9 Å². The highest BCUT2D eigenvalue weighted by Crippen LogP contribution is 2.37. The summed E-state index contributed by atoms with van der Waals surface area (Å²) < 4.78 is 8.21. The van der Waals surface area contributed by atoms with Crippen LogP contribution in [-0.4, -0.2) is 27.7 Å². The van der Waals surface area contributed by atoms with Crippen LogP contribution in [0.4, 0.5) is 5.95 Å². The molecule has 0 aromatic carbocycles. The number of anilines is 1. The number of hydrogen-bond donors (Lipinski definition) is 1. The minimum atomic E-state index is 0.340. The van der Waals surface area contributed by atoms with Gasteiger partial charge in [-0.15, -0.1) is 0 Å². The number of imidazole rings is 1. The number of fused-ring (bicyclic) bond motifs is 1. The van der Waals surface area contributed by atoms with E-state index in [9.17, 15) is 0 Å². The molecule has 5 nitrogen and oxygen atoms in total. The Kier molecular flexibility index (Phi) is 2.56. The lowest BCUT2D eigenvalue weighted by molar-refractivity contribution is 0.00784. The summed E-state index contributed by atoms with van der Waals surface area (Å²) in [5.41, 5.74) is 7.64. The van der Waals surface area contributed by atoms with Crippen LogP contribution < -0.4 is 5.73 Å². The number of aromatic nitrogens is 3. The summed E-state index contributed by atoms with van der Waals surface area (Å²) in [4.78, 5) is 8.72. The molecule has 0 spiro atoms. The van der Waals surface area contributed by atoms with E-state index in [0.29, 0.717) is 18.1 Å². The van der Waals surface area contributed by atoms with E-state index in [1.165, 1.54) is 0 Å². The third-order valence-corrected chi connectivity index (χ3v) is 3.73. The molecule has 0 unspecified atom stereocenters. The van der Waals surface area contributed by atoms with Crippen LogP contribution in [0.1, 0.15) is 18.9 Å². The zero-order chi connectivity index (χ0) is 12.0. The van der Waals surface area contributed by atoms with Crippen LogP contribution >= 0.6 is 15.9 Å². The first-order chi connectivity index (χ1) is 8.19. The molecule has 0 atom stereocenters. The number of nitrogens with two attached hydrogens (primary N) is 1. The van der Waals surface area contributed by atoms with Gasteiger partial charge in [-0.05, 0) is 34.8 Å². The molecule has 0 bridgehead atoms. The van der Waals surface area contributed by atoms with Gasteiger partial charge in [-0.3, -0.25) is 4.57 Å². The molecule has 2 heterocycles. The molecule has 1 aliphatic rings. The van der Waals surface area contributed by atoms with Gasteiger partial charge in [0.2, 0.25) is 5.95 Å². The molecular weight excluding hydrogens is 284 g/mol. The second kappa shape index (κ2) is 3.96. The fraction of sp³-hybridized carbons (Fsp3) is 0.455. The van der Waals surface area contributed by atoms with Crippen LogP contribution in [-0.2, 0) is 4.74 Å². The smallest absolute Gasteiger partial charge is 0.202 e.